The van der Waals surface area contributed by atoms with Gasteiger partial charge in [-0.2, -0.15) is 0 Å². The van der Waals surface area contributed by atoms with Crippen LogP contribution in [-0.4, -0.2) is 16.9 Å². The zero-order chi connectivity index (χ0) is 13.8. The molecule has 1 aromatic carbocycles. The molecule has 0 bridgehead atoms. The summed E-state index contributed by atoms with van der Waals surface area (Å²) < 4.78 is 0.872. The van der Waals surface area contributed by atoms with Crippen molar-refractivity contribution >= 4 is 27.7 Å². The number of aliphatic carboxylic acids is 1. The van der Waals surface area contributed by atoms with Gasteiger partial charge in [-0.25, -0.2) is 0 Å². The first-order valence-electron chi connectivity index (χ1n) is 6.59. The number of hydrogen-bond acceptors (Lipinski definition) is 2. The van der Waals surface area contributed by atoms with Gasteiger partial charge in [0.15, 0.2) is 5.78 Å². The number of carbonyl (C=O) groups excluding carboxylic acids is 1. The molecule has 102 valence electrons. The maximum atomic E-state index is 12.2. The lowest BCUT2D eigenvalue weighted by atomic mass is 9.76. The summed E-state index contributed by atoms with van der Waals surface area (Å²) >= 11 is 3.34. The van der Waals surface area contributed by atoms with Gasteiger partial charge in [-0.05, 0) is 30.9 Å². The van der Waals surface area contributed by atoms with Crippen molar-refractivity contribution in [3.63, 3.8) is 0 Å². The van der Waals surface area contributed by atoms with Gasteiger partial charge in [0.25, 0.3) is 0 Å². The predicted molar refractivity (Wildman–Crippen MR) is 76.2 cm³/mol. The molecule has 0 amide bonds. The third kappa shape index (κ3) is 3.66. The minimum Gasteiger partial charge on any atom is -0.481 e. The van der Waals surface area contributed by atoms with Crippen LogP contribution in [0.1, 0.15) is 42.5 Å². The van der Waals surface area contributed by atoms with E-state index in [9.17, 15) is 14.7 Å². The fraction of sp³-hybridized carbons (Fsp3) is 0.467. The van der Waals surface area contributed by atoms with Crippen LogP contribution in [0.4, 0.5) is 0 Å². The normalized spacial score (nSPS) is 23.0. The number of Topliss-reactive ketones (excluding diaryl/α,β-unsaturated/α-hetero) is 1. The highest BCUT2D eigenvalue weighted by Crippen LogP contribution is 2.33. The van der Waals surface area contributed by atoms with Crippen LogP contribution in [0.2, 0.25) is 0 Å². The summed E-state index contributed by atoms with van der Waals surface area (Å²) in [5, 5.41) is 9.22. The average molecular weight is 325 g/mol. The van der Waals surface area contributed by atoms with Crippen molar-refractivity contribution in [2.24, 2.45) is 11.8 Å². The van der Waals surface area contributed by atoms with E-state index in [1.54, 1.807) is 12.1 Å². The number of halogens is 1. The summed E-state index contributed by atoms with van der Waals surface area (Å²) in [6.45, 7) is 0. The SMILES string of the molecule is O=C(C[C@H]1CCCC[C@H]1C(=O)O)c1cccc(Br)c1. The molecule has 1 aliphatic carbocycles. The molecular weight excluding hydrogens is 308 g/mol. The summed E-state index contributed by atoms with van der Waals surface area (Å²) in [5.74, 6) is -1.09. The fourth-order valence-electron chi connectivity index (χ4n) is 2.80. The Kier molecular flexibility index (Phi) is 4.75. The Bertz CT molecular complexity index is 484. The zero-order valence-electron chi connectivity index (χ0n) is 10.6. The van der Waals surface area contributed by atoms with Crippen molar-refractivity contribution in [1.82, 2.24) is 0 Å². The highest BCUT2D eigenvalue weighted by molar-refractivity contribution is 9.10. The maximum Gasteiger partial charge on any atom is 0.306 e. The van der Waals surface area contributed by atoms with Crippen LogP contribution in [0.5, 0.6) is 0 Å². The number of ketones is 1. The molecule has 0 saturated heterocycles. The van der Waals surface area contributed by atoms with Crippen molar-refractivity contribution in [3.8, 4) is 0 Å². The molecule has 3 nitrogen and oxygen atoms in total. The number of carboxylic acid groups (broad SMARTS) is 1. The molecule has 0 radical (unpaired) electrons. The highest BCUT2D eigenvalue weighted by atomic mass is 79.9. The van der Waals surface area contributed by atoms with E-state index in [-0.39, 0.29) is 17.6 Å². The van der Waals surface area contributed by atoms with Gasteiger partial charge in [0.1, 0.15) is 0 Å². The molecule has 2 atom stereocenters. The number of carboxylic acids is 1. The minimum absolute atomic E-state index is 0.0160. The first kappa shape index (κ1) is 14.3. The molecule has 4 heteroatoms. The van der Waals surface area contributed by atoms with Gasteiger partial charge < -0.3 is 5.11 Å². The first-order valence-corrected chi connectivity index (χ1v) is 7.39. The van der Waals surface area contributed by atoms with E-state index in [2.05, 4.69) is 15.9 Å². The third-order valence-electron chi connectivity index (χ3n) is 3.82. The Morgan fingerprint density at radius 3 is 2.68 bits per heavy atom. The lowest BCUT2D eigenvalue weighted by Crippen LogP contribution is -2.28. The van der Waals surface area contributed by atoms with Gasteiger partial charge >= 0.3 is 5.97 Å². The van der Waals surface area contributed by atoms with E-state index in [4.69, 9.17) is 0 Å². The van der Waals surface area contributed by atoms with Crippen LogP contribution >= 0.6 is 15.9 Å². The fourth-order valence-corrected chi connectivity index (χ4v) is 3.19. The Morgan fingerprint density at radius 2 is 2.00 bits per heavy atom. The number of benzene rings is 1. The molecule has 0 unspecified atom stereocenters. The second kappa shape index (κ2) is 6.33. The van der Waals surface area contributed by atoms with E-state index >= 15 is 0 Å². The molecule has 19 heavy (non-hydrogen) atoms. The van der Waals surface area contributed by atoms with Gasteiger partial charge in [-0.15, -0.1) is 0 Å². The van der Waals surface area contributed by atoms with E-state index in [0.717, 1.165) is 23.7 Å². The Labute approximate surface area is 121 Å². The molecule has 1 fully saturated rings. The quantitative estimate of drug-likeness (QED) is 0.854. The maximum absolute atomic E-state index is 12.2. The Balaban J connectivity index is 2.07. The van der Waals surface area contributed by atoms with Crippen molar-refractivity contribution < 1.29 is 14.7 Å². The number of hydrogen-bond donors (Lipinski definition) is 1. The van der Waals surface area contributed by atoms with Gasteiger partial charge in [0.2, 0.25) is 0 Å². The van der Waals surface area contributed by atoms with Crippen molar-refractivity contribution in [2.45, 2.75) is 32.1 Å². The lowest BCUT2D eigenvalue weighted by Gasteiger charge is -2.27. The molecule has 0 heterocycles. The van der Waals surface area contributed by atoms with Gasteiger partial charge in [-0.1, -0.05) is 40.9 Å². The summed E-state index contributed by atoms with van der Waals surface area (Å²) in [5.41, 5.74) is 0.657. The second-order valence-electron chi connectivity index (χ2n) is 5.13. The Morgan fingerprint density at radius 1 is 1.26 bits per heavy atom. The molecule has 0 spiro atoms. The zero-order valence-corrected chi connectivity index (χ0v) is 12.2. The standard InChI is InChI=1S/C15H17BrO3/c16-12-6-3-5-11(8-12)14(17)9-10-4-1-2-7-13(10)15(18)19/h3,5-6,8,10,13H,1-2,4,7,9H2,(H,18,19)/t10-,13-/m1/s1. The third-order valence-corrected chi connectivity index (χ3v) is 4.31. The van der Waals surface area contributed by atoms with Crippen LogP contribution in [0, 0.1) is 11.8 Å². The van der Waals surface area contributed by atoms with E-state index in [1.165, 1.54) is 0 Å². The first-order chi connectivity index (χ1) is 9.08. The number of carbonyl (C=O) groups is 2. The lowest BCUT2D eigenvalue weighted by molar-refractivity contribution is -0.144. The second-order valence-corrected chi connectivity index (χ2v) is 6.04. The monoisotopic (exact) mass is 324 g/mol. The smallest absolute Gasteiger partial charge is 0.306 e. The topological polar surface area (TPSA) is 54.4 Å². The molecule has 2 rings (SSSR count). The molecule has 1 N–H and O–H groups in total. The minimum atomic E-state index is -0.758. The van der Waals surface area contributed by atoms with Gasteiger partial charge in [0, 0.05) is 16.5 Å². The van der Waals surface area contributed by atoms with Crippen LogP contribution in [0.3, 0.4) is 0 Å². The molecule has 0 aromatic heterocycles. The van der Waals surface area contributed by atoms with Crippen molar-refractivity contribution in [2.75, 3.05) is 0 Å². The summed E-state index contributed by atoms with van der Waals surface area (Å²) in [6, 6.07) is 7.27. The molecule has 1 saturated carbocycles. The summed E-state index contributed by atoms with van der Waals surface area (Å²) in [7, 11) is 0. The van der Waals surface area contributed by atoms with Crippen LogP contribution in [-0.2, 0) is 4.79 Å². The van der Waals surface area contributed by atoms with E-state index in [0.29, 0.717) is 18.4 Å². The highest BCUT2D eigenvalue weighted by Gasteiger charge is 2.32. The van der Waals surface area contributed by atoms with Crippen LogP contribution in [0.25, 0.3) is 0 Å². The van der Waals surface area contributed by atoms with E-state index < -0.39 is 5.97 Å². The molecule has 0 aliphatic heterocycles. The predicted octanol–water partition coefficient (Wildman–Crippen LogP) is 3.91. The average Bonchev–Trinajstić information content (AvgIpc) is 2.39. The van der Waals surface area contributed by atoms with E-state index in [1.807, 2.05) is 12.1 Å². The van der Waals surface area contributed by atoms with Gasteiger partial charge in [-0.3, -0.25) is 9.59 Å². The number of rotatable bonds is 4. The molecule has 1 aliphatic rings. The molecular formula is C15H17BrO3. The van der Waals surface area contributed by atoms with Crippen molar-refractivity contribution in [1.29, 1.82) is 0 Å². The Hall–Kier alpha value is -1.16. The van der Waals surface area contributed by atoms with Crippen LogP contribution < -0.4 is 0 Å². The largest absolute Gasteiger partial charge is 0.481 e. The van der Waals surface area contributed by atoms with Crippen molar-refractivity contribution in [3.05, 3.63) is 34.3 Å². The molecule has 1 aromatic rings. The summed E-state index contributed by atoms with van der Waals surface area (Å²) in [4.78, 5) is 23.4. The summed E-state index contributed by atoms with van der Waals surface area (Å²) in [6.07, 6.45) is 3.87. The van der Waals surface area contributed by atoms with Crippen LogP contribution in [0.15, 0.2) is 28.7 Å². The van der Waals surface area contributed by atoms with Gasteiger partial charge in [0.05, 0.1) is 5.92 Å².